The normalized spacial score (nSPS) is 11.1. The molecular weight excluding hydrogens is 254 g/mol. The van der Waals surface area contributed by atoms with Crippen molar-refractivity contribution >= 4 is 22.8 Å². The zero-order chi connectivity index (χ0) is 13.5. The molecular formula is C11H13N3O3S. The van der Waals surface area contributed by atoms with Crippen LogP contribution in [0.3, 0.4) is 0 Å². The maximum atomic E-state index is 11.9. The average molecular weight is 267 g/mol. The predicted octanol–water partition coefficient (Wildman–Crippen LogP) is 1.60. The first-order chi connectivity index (χ1) is 8.54. The maximum absolute atomic E-state index is 11.9. The van der Waals surface area contributed by atoms with E-state index in [0.29, 0.717) is 0 Å². The summed E-state index contributed by atoms with van der Waals surface area (Å²) in [6.07, 6.45) is 1.82. The lowest BCUT2D eigenvalue weighted by Gasteiger charge is -2.15. The number of rotatable bonds is 3. The Hall–Kier alpha value is -1.89. The Labute approximate surface area is 109 Å². The molecule has 0 aromatic heterocycles. The third kappa shape index (κ3) is 4.17. The van der Waals surface area contributed by atoms with E-state index in [2.05, 4.69) is 5.10 Å². The fourth-order valence-electron chi connectivity index (χ4n) is 1.31. The third-order valence-corrected chi connectivity index (χ3v) is 2.93. The molecule has 1 amide bonds. The minimum absolute atomic E-state index is 0.0703. The Morgan fingerprint density at radius 2 is 2.06 bits per heavy atom. The summed E-state index contributed by atoms with van der Waals surface area (Å²) < 4.78 is 0. The van der Waals surface area contributed by atoms with Gasteiger partial charge in [0.25, 0.3) is 0 Å². The Bertz CT molecular complexity index is 462. The number of nitro groups is 1. The van der Waals surface area contributed by atoms with Crippen molar-refractivity contribution in [2.24, 2.45) is 5.10 Å². The Morgan fingerprint density at radius 1 is 1.44 bits per heavy atom. The van der Waals surface area contributed by atoms with E-state index in [9.17, 15) is 14.9 Å². The van der Waals surface area contributed by atoms with E-state index in [1.165, 1.54) is 11.9 Å². The van der Waals surface area contributed by atoms with Crippen LogP contribution >= 0.6 is 11.8 Å². The molecule has 0 spiro atoms. The molecule has 6 nitrogen and oxygen atoms in total. The minimum atomic E-state index is -0.807. The van der Waals surface area contributed by atoms with E-state index in [-0.39, 0.29) is 17.5 Å². The van der Waals surface area contributed by atoms with Gasteiger partial charge >= 0.3 is 0 Å². The van der Waals surface area contributed by atoms with Crippen molar-refractivity contribution in [1.82, 2.24) is 4.90 Å². The molecule has 0 aliphatic heterocycles. The van der Waals surface area contributed by atoms with Gasteiger partial charge in [-0.1, -0.05) is 42.1 Å². The maximum Gasteiger partial charge on any atom is 0.243 e. The fourth-order valence-corrected chi connectivity index (χ4v) is 1.83. The number of hydrogen-bond acceptors (Lipinski definition) is 4. The van der Waals surface area contributed by atoms with Gasteiger partial charge in [0.2, 0.25) is 11.1 Å². The molecule has 1 aromatic rings. The van der Waals surface area contributed by atoms with Gasteiger partial charge in [-0.2, -0.15) is 0 Å². The van der Waals surface area contributed by atoms with Gasteiger partial charge in [0.1, 0.15) is 0 Å². The number of hydrogen-bond donors (Lipinski definition) is 0. The first kappa shape index (κ1) is 14.2. The molecule has 0 heterocycles. The highest BCUT2D eigenvalue weighted by Crippen LogP contribution is 2.07. The summed E-state index contributed by atoms with van der Waals surface area (Å²) in [7, 11) is 1.48. The summed E-state index contributed by atoms with van der Waals surface area (Å²) in [5.41, 5.74) is 0.857. The summed E-state index contributed by atoms with van der Waals surface area (Å²) in [4.78, 5) is 23.4. The van der Waals surface area contributed by atoms with Crippen LogP contribution in [0.4, 0.5) is 0 Å². The van der Waals surface area contributed by atoms with Gasteiger partial charge in [-0.05, 0) is 11.8 Å². The van der Waals surface area contributed by atoms with E-state index < -0.39 is 5.03 Å². The van der Waals surface area contributed by atoms with Gasteiger partial charge in [-0.3, -0.25) is 9.69 Å². The topological polar surface area (TPSA) is 75.8 Å². The molecule has 96 valence electrons. The fraction of sp³-hybridized carbons (Fsp3) is 0.273. The van der Waals surface area contributed by atoms with Gasteiger partial charge < -0.3 is 0 Å². The van der Waals surface area contributed by atoms with Crippen LogP contribution in [0.2, 0.25) is 0 Å². The van der Waals surface area contributed by atoms with E-state index in [0.717, 1.165) is 17.3 Å². The highest BCUT2D eigenvalue weighted by molar-refractivity contribution is 8.13. The molecule has 1 rings (SSSR count). The van der Waals surface area contributed by atoms with Crippen molar-refractivity contribution < 1.29 is 9.83 Å². The lowest BCUT2D eigenvalue weighted by atomic mass is 10.1. The predicted molar refractivity (Wildman–Crippen MR) is 70.9 cm³/mol. The van der Waals surface area contributed by atoms with Crippen LogP contribution in [0.15, 0.2) is 35.4 Å². The second-order valence-corrected chi connectivity index (χ2v) is 4.21. The molecule has 0 radical (unpaired) electrons. The molecule has 1 aromatic carbocycles. The summed E-state index contributed by atoms with van der Waals surface area (Å²) >= 11 is 1.06. The lowest BCUT2D eigenvalue weighted by Crippen LogP contribution is -2.33. The van der Waals surface area contributed by atoms with Crippen molar-refractivity contribution in [3.8, 4) is 0 Å². The van der Waals surface area contributed by atoms with Crippen LogP contribution in [0, 0.1) is 10.1 Å². The molecule has 0 bridgehead atoms. The van der Waals surface area contributed by atoms with E-state index in [4.69, 9.17) is 0 Å². The van der Waals surface area contributed by atoms with E-state index in [1.807, 2.05) is 30.3 Å². The smallest absolute Gasteiger partial charge is 0.243 e. The summed E-state index contributed by atoms with van der Waals surface area (Å²) in [5.74, 6) is -0.240. The molecule has 0 unspecified atom stereocenters. The van der Waals surface area contributed by atoms with Crippen molar-refractivity contribution in [2.45, 2.75) is 6.42 Å². The number of likely N-dealkylation sites (N-methyl/N-ethyl adjacent to an activating group) is 1. The van der Waals surface area contributed by atoms with Crippen LogP contribution in [-0.4, -0.2) is 34.3 Å². The van der Waals surface area contributed by atoms with Crippen molar-refractivity contribution in [3.63, 3.8) is 0 Å². The number of benzene rings is 1. The summed E-state index contributed by atoms with van der Waals surface area (Å²) in [6.45, 7) is 0. The van der Waals surface area contributed by atoms with Crippen molar-refractivity contribution in [3.05, 3.63) is 46.0 Å². The second kappa shape index (κ2) is 6.75. The summed E-state index contributed by atoms with van der Waals surface area (Å²) in [5, 5.41) is 12.7. The lowest BCUT2D eigenvalue weighted by molar-refractivity contribution is -0.485. The quantitative estimate of drug-likeness (QED) is 0.361. The number of carbonyl (C=O) groups excluding carboxylic acids is 1. The highest BCUT2D eigenvalue weighted by atomic mass is 32.2. The molecule has 0 saturated carbocycles. The minimum Gasteiger partial charge on any atom is -0.289 e. The van der Waals surface area contributed by atoms with Gasteiger partial charge in [0, 0.05) is 7.05 Å². The molecule has 0 saturated heterocycles. The number of amides is 1. The average Bonchev–Trinajstić information content (AvgIpc) is 2.36. The number of hydrazone groups is 1. The Kier molecular flexibility index (Phi) is 5.31. The molecule has 0 aliphatic rings. The molecule has 0 fully saturated rings. The Balaban J connectivity index is 2.75. The molecule has 18 heavy (non-hydrogen) atoms. The standard InChI is InChI=1S/C11H13N3O3S/c1-13(11(18-2)12-14(16)17)10(15)8-9-6-4-3-5-7-9/h3-7H,8H2,1-2H3/b12-11-. The number of carbonyl (C=O) groups is 1. The molecule has 0 atom stereocenters. The van der Waals surface area contributed by atoms with Crippen LogP contribution < -0.4 is 0 Å². The van der Waals surface area contributed by atoms with Gasteiger partial charge in [0.05, 0.1) is 11.5 Å². The summed E-state index contributed by atoms with van der Waals surface area (Å²) in [6, 6.07) is 9.19. The molecule has 0 aliphatic carbocycles. The second-order valence-electron chi connectivity index (χ2n) is 3.44. The van der Waals surface area contributed by atoms with Crippen LogP contribution in [0.5, 0.6) is 0 Å². The monoisotopic (exact) mass is 267 g/mol. The van der Waals surface area contributed by atoms with Crippen LogP contribution in [-0.2, 0) is 11.2 Å². The van der Waals surface area contributed by atoms with Gasteiger partial charge in [-0.15, -0.1) is 0 Å². The molecule has 7 heteroatoms. The van der Waals surface area contributed by atoms with Crippen LogP contribution in [0.25, 0.3) is 0 Å². The zero-order valence-corrected chi connectivity index (χ0v) is 10.9. The first-order valence-electron chi connectivity index (χ1n) is 5.12. The zero-order valence-electron chi connectivity index (χ0n) is 10.1. The van der Waals surface area contributed by atoms with Gasteiger partial charge in [-0.25, -0.2) is 10.1 Å². The van der Waals surface area contributed by atoms with Crippen LogP contribution in [0.1, 0.15) is 5.56 Å². The van der Waals surface area contributed by atoms with Crippen molar-refractivity contribution in [1.29, 1.82) is 0 Å². The SMILES string of the molecule is CS/C(=N\[N+](=O)[O-])N(C)C(=O)Cc1ccccc1. The highest BCUT2D eigenvalue weighted by Gasteiger charge is 2.17. The van der Waals surface area contributed by atoms with Gasteiger partial charge in [0.15, 0.2) is 5.03 Å². The Morgan fingerprint density at radius 3 is 2.56 bits per heavy atom. The third-order valence-electron chi connectivity index (χ3n) is 2.21. The van der Waals surface area contributed by atoms with Crippen molar-refractivity contribution in [2.75, 3.05) is 13.3 Å². The first-order valence-corrected chi connectivity index (χ1v) is 6.34. The van der Waals surface area contributed by atoms with E-state index >= 15 is 0 Å². The number of thioether (sulfide) groups is 1. The largest absolute Gasteiger partial charge is 0.289 e. The number of amidine groups is 1. The molecule has 0 N–H and O–H groups in total. The van der Waals surface area contributed by atoms with E-state index in [1.54, 1.807) is 6.26 Å². The number of nitrogens with zero attached hydrogens (tertiary/aromatic N) is 3.